The molecular formula is C36H44P2+2. The molecule has 0 nitrogen and oxygen atoms in total. The Hall–Kier alpha value is -2.26. The Morgan fingerprint density at radius 1 is 0.316 bits per heavy atom. The van der Waals surface area contributed by atoms with Crippen molar-refractivity contribution < 1.29 is 0 Å². The zero-order valence-corrected chi connectivity index (χ0v) is 24.7. The third kappa shape index (κ3) is 7.88. The van der Waals surface area contributed by atoms with Crippen LogP contribution in [0.25, 0.3) is 0 Å². The predicted molar refractivity (Wildman–Crippen MR) is 172 cm³/mol. The SMILES string of the molecule is c1ccc(C[P+]2(Cc3ccccc3)CCCC[P+](Cc3ccccc3)(Cc3ccccc3)CCCC2)cc1. The Kier molecular flexibility index (Phi) is 9.84. The molecule has 5 rings (SSSR count). The van der Waals surface area contributed by atoms with E-state index in [2.05, 4.69) is 121 Å². The van der Waals surface area contributed by atoms with Gasteiger partial charge in [-0.05, 0) is 47.9 Å². The highest BCUT2D eigenvalue weighted by atomic mass is 31.2. The van der Waals surface area contributed by atoms with E-state index in [1.54, 1.807) is 22.3 Å². The van der Waals surface area contributed by atoms with Gasteiger partial charge in [0.05, 0.1) is 49.3 Å². The van der Waals surface area contributed by atoms with Crippen molar-refractivity contribution in [1.29, 1.82) is 0 Å². The first-order valence-electron chi connectivity index (χ1n) is 14.6. The largest absolute Gasteiger partial charge is 0.0846 e. The third-order valence-corrected chi connectivity index (χ3v) is 17.7. The summed E-state index contributed by atoms with van der Waals surface area (Å²) >= 11 is 0. The molecule has 1 heterocycles. The molecule has 196 valence electrons. The van der Waals surface area contributed by atoms with E-state index in [1.165, 1.54) is 75.0 Å². The van der Waals surface area contributed by atoms with Crippen molar-refractivity contribution in [1.82, 2.24) is 0 Å². The molecule has 0 radical (unpaired) electrons. The van der Waals surface area contributed by atoms with Crippen LogP contribution in [0.2, 0.25) is 0 Å². The van der Waals surface area contributed by atoms with Crippen LogP contribution in [0, 0.1) is 0 Å². The Labute approximate surface area is 232 Å². The molecule has 0 spiro atoms. The highest BCUT2D eigenvalue weighted by molar-refractivity contribution is 7.75. The molecule has 4 aromatic rings. The molecule has 0 saturated carbocycles. The average Bonchev–Trinajstić information content (AvgIpc) is 2.96. The Morgan fingerprint density at radius 2 is 0.526 bits per heavy atom. The fourth-order valence-electron chi connectivity index (χ4n) is 6.64. The van der Waals surface area contributed by atoms with Crippen LogP contribution in [-0.2, 0) is 24.6 Å². The Bertz CT molecular complexity index is 1010. The molecule has 0 bridgehead atoms. The fourth-order valence-corrected chi connectivity index (χ4v) is 16.1. The van der Waals surface area contributed by atoms with Crippen molar-refractivity contribution >= 4 is 14.5 Å². The summed E-state index contributed by atoms with van der Waals surface area (Å²) in [5.41, 5.74) is 6.24. The molecule has 1 saturated heterocycles. The quantitative estimate of drug-likeness (QED) is 0.196. The minimum absolute atomic E-state index is 1.11. The minimum atomic E-state index is -1.11. The molecule has 1 aliphatic rings. The summed E-state index contributed by atoms with van der Waals surface area (Å²) < 4.78 is 0. The van der Waals surface area contributed by atoms with Crippen molar-refractivity contribution in [3.05, 3.63) is 144 Å². The van der Waals surface area contributed by atoms with Gasteiger partial charge in [0.15, 0.2) is 0 Å². The lowest BCUT2D eigenvalue weighted by molar-refractivity contribution is 0.826. The summed E-state index contributed by atoms with van der Waals surface area (Å²) in [6.07, 6.45) is 16.7. The van der Waals surface area contributed by atoms with Crippen LogP contribution in [0.3, 0.4) is 0 Å². The molecular weight excluding hydrogens is 494 g/mol. The number of rotatable bonds is 8. The maximum absolute atomic E-state index is 2.38. The van der Waals surface area contributed by atoms with Crippen LogP contribution in [0.5, 0.6) is 0 Å². The molecule has 0 atom stereocenters. The highest BCUT2D eigenvalue weighted by Gasteiger charge is 2.41. The number of benzene rings is 4. The summed E-state index contributed by atoms with van der Waals surface area (Å²) in [5.74, 6) is 0. The van der Waals surface area contributed by atoms with E-state index in [0.29, 0.717) is 0 Å². The van der Waals surface area contributed by atoms with Crippen LogP contribution in [0.1, 0.15) is 47.9 Å². The maximum Gasteiger partial charge on any atom is 0.0846 e. The van der Waals surface area contributed by atoms with Crippen molar-refractivity contribution in [3.63, 3.8) is 0 Å². The third-order valence-electron chi connectivity index (χ3n) is 8.47. The average molecular weight is 539 g/mol. The first-order valence-corrected chi connectivity index (χ1v) is 19.6. The van der Waals surface area contributed by atoms with E-state index >= 15 is 0 Å². The van der Waals surface area contributed by atoms with Gasteiger partial charge in [-0.1, -0.05) is 121 Å². The fraction of sp³-hybridized carbons (Fsp3) is 0.333. The second kappa shape index (κ2) is 13.7. The van der Waals surface area contributed by atoms with Gasteiger partial charge in [0.2, 0.25) is 0 Å². The number of hydrogen-bond acceptors (Lipinski definition) is 0. The zero-order chi connectivity index (χ0) is 25.9. The molecule has 38 heavy (non-hydrogen) atoms. The second-order valence-corrected chi connectivity index (χ2v) is 20.0. The first-order chi connectivity index (χ1) is 18.7. The molecule has 1 fully saturated rings. The normalized spacial score (nSPS) is 17.5. The van der Waals surface area contributed by atoms with Crippen LogP contribution in [-0.4, -0.2) is 24.6 Å². The van der Waals surface area contributed by atoms with Gasteiger partial charge in [0.1, 0.15) is 0 Å². The van der Waals surface area contributed by atoms with E-state index in [-0.39, 0.29) is 0 Å². The van der Waals surface area contributed by atoms with Gasteiger partial charge in [0, 0.05) is 14.5 Å². The molecule has 0 amide bonds. The number of hydrogen-bond donors (Lipinski definition) is 0. The minimum Gasteiger partial charge on any atom is -0.0622 e. The topological polar surface area (TPSA) is 0 Å². The van der Waals surface area contributed by atoms with Gasteiger partial charge in [-0.15, -0.1) is 0 Å². The molecule has 0 aliphatic carbocycles. The maximum atomic E-state index is 2.38. The molecule has 4 aromatic carbocycles. The van der Waals surface area contributed by atoms with E-state index < -0.39 is 14.5 Å². The predicted octanol–water partition coefficient (Wildman–Crippen LogP) is 10.4. The summed E-state index contributed by atoms with van der Waals surface area (Å²) in [6, 6.07) is 45.6. The molecule has 0 N–H and O–H groups in total. The smallest absolute Gasteiger partial charge is 0.0622 e. The second-order valence-electron chi connectivity index (χ2n) is 11.6. The van der Waals surface area contributed by atoms with Gasteiger partial charge < -0.3 is 0 Å². The van der Waals surface area contributed by atoms with Crippen molar-refractivity contribution in [2.24, 2.45) is 0 Å². The molecule has 2 heteroatoms. The molecule has 0 unspecified atom stereocenters. The highest BCUT2D eigenvalue weighted by Crippen LogP contribution is 2.69. The molecule has 0 aromatic heterocycles. The standard InChI is InChI=1S/C36H44P2/c1-5-17-33(18-6-1)29-37(30-34-19-7-2-8-20-34)25-13-15-27-38(28-16-14-26-37,31-35-21-9-3-10-22-35)32-36-23-11-4-12-24-36/h1-12,17-24H,13-16,25-32H2/q+2. The molecule has 1 aliphatic heterocycles. The van der Waals surface area contributed by atoms with Crippen LogP contribution >= 0.6 is 14.5 Å². The monoisotopic (exact) mass is 538 g/mol. The van der Waals surface area contributed by atoms with E-state index in [4.69, 9.17) is 0 Å². The van der Waals surface area contributed by atoms with Gasteiger partial charge in [-0.3, -0.25) is 0 Å². The lowest BCUT2D eigenvalue weighted by atomic mass is 10.2. The van der Waals surface area contributed by atoms with Crippen molar-refractivity contribution in [2.75, 3.05) is 24.6 Å². The lowest BCUT2D eigenvalue weighted by Crippen LogP contribution is -2.16. The summed E-state index contributed by atoms with van der Waals surface area (Å²) in [5, 5.41) is 0. The Morgan fingerprint density at radius 3 is 0.737 bits per heavy atom. The summed E-state index contributed by atoms with van der Waals surface area (Å²) in [7, 11) is -2.23. The first kappa shape index (κ1) is 27.3. The van der Waals surface area contributed by atoms with Crippen LogP contribution in [0.4, 0.5) is 0 Å². The lowest BCUT2D eigenvalue weighted by Gasteiger charge is -2.33. The van der Waals surface area contributed by atoms with Crippen molar-refractivity contribution in [2.45, 2.75) is 50.3 Å². The Balaban J connectivity index is 1.37. The zero-order valence-electron chi connectivity index (χ0n) is 22.9. The van der Waals surface area contributed by atoms with Gasteiger partial charge >= 0.3 is 0 Å². The van der Waals surface area contributed by atoms with Crippen LogP contribution in [0.15, 0.2) is 121 Å². The van der Waals surface area contributed by atoms with E-state index in [0.717, 1.165) is 0 Å². The summed E-state index contributed by atoms with van der Waals surface area (Å²) in [4.78, 5) is 0. The van der Waals surface area contributed by atoms with E-state index in [1.807, 2.05) is 0 Å². The van der Waals surface area contributed by atoms with Gasteiger partial charge in [-0.2, -0.15) is 0 Å². The van der Waals surface area contributed by atoms with Gasteiger partial charge in [-0.25, -0.2) is 0 Å². The van der Waals surface area contributed by atoms with Crippen molar-refractivity contribution in [3.8, 4) is 0 Å². The van der Waals surface area contributed by atoms with E-state index in [9.17, 15) is 0 Å². The van der Waals surface area contributed by atoms with Crippen LogP contribution < -0.4 is 0 Å². The van der Waals surface area contributed by atoms with Gasteiger partial charge in [0.25, 0.3) is 0 Å². The summed E-state index contributed by atoms with van der Waals surface area (Å²) in [6.45, 7) is 0.